The molecule has 3 rings (SSSR count). The number of ether oxygens (including phenoxy) is 2. The number of methoxy groups -OCH3 is 1. The van der Waals surface area contributed by atoms with Crippen molar-refractivity contribution in [1.82, 2.24) is 10.2 Å². The average Bonchev–Trinajstić information content (AvgIpc) is 3.27. The lowest BCUT2D eigenvalue weighted by Gasteiger charge is -2.32. The molecule has 0 spiro atoms. The van der Waals surface area contributed by atoms with Crippen molar-refractivity contribution in [2.75, 3.05) is 33.3 Å². The second-order valence-corrected chi connectivity index (χ2v) is 7.17. The third-order valence-electron chi connectivity index (χ3n) is 5.51. The lowest BCUT2D eigenvalue weighted by atomic mass is 10.1. The van der Waals surface area contributed by atoms with Crippen LogP contribution >= 0.6 is 0 Å². The molecule has 0 bridgehead atoms. The molecule has 2 saturated heterocycles. The molecule has 0 amide bonds. The molecule has 2 aliphatic heterocycles. The highest BCUT2D eigenvalue weighted by molar-refractivity contribution is 4.97. The topological polar surface area (TPSA) is 33.7 Å². The van der Waals surface area contributed by atoms with Gasteiger partial charge in [0.05, 0.1) is 18.3 Å². The van der Waals surface area contributed by atoms with Crippen molar-refractivity contribution >= 4 is 0 Å². The molecule has 3 aliphatic rings. The normalized spacial score (nSPS) is 34.0. The lowest BCUT2D eigenvalue weighted by Crippen LogP contribution is -2.39. The summed E-state index contributed by atoms with van der Waals surface area (Å²) in [4.78, 5) is 2.69. The van der Waals surface area contributed by atoms with Gasteiger partial charge in [-0.1, -0.05) is 0 Å². The van der Waals surface area contributed by atoms with Gasteiger partial charge in [-0.25, -0.2) is 0 Å². The summed E-state index contributed by atoms with van der Waals surface area (Å²) in [6, 6.07) is 0.835. The fourth-order valence-electron chi connectivity index (χ4n) is 4.12. The molecule has 1 saturated carbocycles. The van der Waals surface area contributed by atoms with E-state index in [1.54, 1.807) is 0 Å². The van der Waals surface area contributed by atoms with Crippen LogP contribution in [0.4, 0.5) is 0 Å². The zero-order valence-corrected chi connectivity index (χ0v) is 13.7. The third-order valence-corrected chi connectivity index (χ3v) is 5.51. The summed E-state index contributed by atoms with van der Waals surface area (Å²) in [5.74, 6) is 0.876. The summed E-state index contributed by atoms with van der Waals surface area (Å²) in [5, 5.41) is 3.40. The standard InChI is InChI=1S/C17H32N2O2/c1-13(21-16-3-7-18-8-4-16)11-14-12-17(14)19-9-5-15(20-2)6-10-19/h13-18H,3-12H2,1-2H3. The summed E-state index contributed by atoms with van der Waals surface area (Å²) in [5.41, 5.74) is 0. The van der Waals surface area contributed by atoms with Crippen LogP contribution < -0.4 is 5.32 Å². The van der Waals surface area contributed by atoms with E-state index in [-0.39, 0.29) is 0 Å². The van der Waals surface area contributed by atoms with Gasteiger partial charge in [-0.05, 0) is 64.5 Å². The van der Waals surface area contributed by atoms with Crippen molar-refractivity contribution in [3.63, 3.8) is 0 Å². The van der Waals surface area contributed by atoms with Crippen molar-refractivity contribution < 1.29 is 9.47 Å². The molecule has 21 heavy (non-hydrogen) atoms. The maximum absolute atomic E-state index is 6.23. The van der Waals surface area contributed by atoms with Crippen LogP contribution in [0.25, 0.3) is 0 Å². The van der Waals surface area contributed by atoms with Gasteiger partial charge in [-0.3, -0.25) is 4.90 Å². The molecule has 3 unspecified atom stereocenters. The molecule has 122 valence electrons. The zero-order chi connectivity index (χ0) is 14.7. The summed E-state index contributed by atoms with van der Waals surface area (Å²) in [6.45, 7) is 6.97. The van der Waals surface area contributed by atoms with Gasteiger partial charge in [0, 0.05) is 26.2 Å². The number of piperidine rings is 2. The molecule has 0 radical (unpaired) electrons. The van der Waals surface area contributed by atoms with E-state index in [1.165, 1.54) is 51.6 Å². The second kappa shape index (κ2) is 7.40. The van der Waals surface area contributed by atoms with Gasteiger partial charge in [0.1, 0.15) is 0 Å². The average molecular weight is 296 g/mol. The molecular formula is C17H32N2O2. The first kappa shape index (κ1) is 15.7. The summed E-state index contributed by atoms with van der Waals surface area (Å²) < 4.78 is 11.7. The molecule has 2 heterocycles. The van der Waals surface area contributed by atoms with E-state index in [4.69, 9.17) is 9.47 Å². The molecule has 3 fully saturated rings. The van der Waals surface area contributed by atoms with Gasteiger partial charge < -0.3 is 14.8 Å². The van der Waals surface area contributed by atoms with Gasteiger partial charge in [-0.15, -0.1) is 0 Å². The van der Waals surface area contributed by atoms with E-state index in [2.05, 4.69) is 17.1 Å². The Hall–Kier alpha value is -0.160. The Morgan fingerprint density at radius 3 is 2.48 bits per heavy atom. The number of hydrogen-bond acceptors (Lipinski definition) is 4. The Morgan fingerprint density at radius 2 is 1.81 bits per heavy atom. The van der Waals surface area contributed by atoms with Crippen molar-refractivity contribution in [1.29, 1.82) is 0 Å². The van der Waals surface area contributed by atoms with E-state index in [9.17, 15) is 0 Å². The minimum atomic E-state index is 0.430. The van der Waals surface area contributed by atoms with Gasteiger partial charge in [0.25, 0.3) is 0 Å². The van der Waals surface area contributed by atoms with E-state index in [0.29, 0.717) is 18.3 Å². The van der Waals surface area contributed by atoms with Crippen LogP contribution in [0.1, 0.15) is 45.4 Å². The first-order chi connectivity index (χ1) is 10.3. The van der Waals surface area contributed by atoms with E-state index in [1.807, 2.05) is 7.11 Å². The monoisotopic (exact) mass is 296 g/mol. The lowest BCUT2D eigenvalue weighted by molar-refractivity contribution is -0.0248. The van der Waals surface area contributed by atoms with E-state index >= 15 is 0 Å². The molecule has 0 aromatic heterocycles. The van der Waals surface area contributed by atoms with Crippen LogP contribution in [-0.2, 0) is 9.47 Å². The first-order valence-electron chi connectivity index (χ1n) is 8.89. The highest BCUT2D eigenvalue weighted by Crippen LogP contribution is 2.41. The number of hydrogen-bond donors (Lipinski definition) is 1. The number of likely N-dealkylation sites (tertiary alicyclic amines) is 1. The smallest absolute Gasteiger partial charge is 0.0603 e. The molecule has 3 atom stereocenters. The third kappa shape index (κ3) is 4.41. The van der Waals surface area contributed by atoms with Crippen LogP contribution in [0.3, 0.4) is 0 Å². The molecule has 1 aliphatic carbocycles. The fraction of sp³-hybridized carbons (Fsp3) is 1.00. The Labute approximate surface area is 129 Å². The second-order valence-electron chi connectivity index (χ2n) is 7.17. The van der Waals surface area contributed by atoms with E-state index in [0.717, 1.165) is 25.0 Å². The molecule has 4 heteroatoms. The highest BCUT2D eigenvalue weighted by atomic mass is 16.5. The Bertz CT molecular complexity index is 312. The minimum absolute atomic E-state index is 0.430. The molecule has 1 N–H and O–H groups in total. The Balaban J connectivity index is 1.34. The maximum Gasteiger partial charge on any atom is 0.0603 e. The largest absolute Gasteiger partial charge is 0.381 e. The van der Waals surface area contributed by atoms with Crippen molar-refractivity contribution in [2.45, 2.75) is 69.8 Å². The van der Waals surface area contributed by atoms with Crippen LogP contribution in [0.2, 0.25) is 0 Å². The van der Waals surface area contributed by atoms with E-state index < -0.39 is 0 Å². The van der Waals surface area contributed by atoms with Gasteiger partial charge in [0.15, 0.2) is 0 Å². The Morgan fingerprint density at radius 1 is 1.10 bits per heavy atom. The quantitative estimate of drug-likeness (QED) is 0.813. The zero-order valence-electron chi connectivity index (χ0n) is 13.7. The van der Waals surface area contributed by atoms with Crippen molar-refractivity contribution in [2.24, 2.45) is 5.92 Å². The van der Waals surface area contributed by atoms with Crippen LogP contribution in [0, 0.1) is 5.92 Å². The maximum atomic E-state index is 6.23. The van der Waals surface area contributed by atoms with Crippen molar-refractivity contribution in [3.8, 4) is 0 Å². The first-order valence-corrected chi connectivity index (χ1v) is 8.89. The summed E-state index contributed by atoms with van der Waals surface area (Å²) in [7, 11) is 1.85. The molecule has 4 nitrogen and oxygen atoms in total. The summed E-state index contributed by atoms with van der Waals surface area (Å²) >= 11 is 0. The predicted octanol–water partition coefficient (Wildman–Crippen LogP) is 2.03. The van der Waals surface area contributed by atoms with Crippen molar-refractivity contribution in [3.05, 3.63) is 0 Å². The predicted molar refractivity (Wildman–Crippen MR) is 84.6 cm³/mol. The number of nitrogens with one attached hydrogen (secondary N) is 1. The SMILES string of the molecule is COC1CCN(C2CC2CC(C)OC2CCNCC2)CC1. The van der Waals surface area contributed by atoms with Crippen LogP contribution in [-0.4, -0.2) is 62.5 Å². The summed E-state index contributed by atoms with van der Waals surface area (Å²) in [6.07, 6.45) is 8.85. The highest BCUT2D eigenvalue weighted by Gasteiger charge is 2.43. The molecule has 0 aromatic carbocycles. The van der Waals surface area contributed by atoms with Gasteiger partial charge >= 0.3 is 0 Å². The van der Waals surface area contributed by atoms with Gasteiger partial charge in [-0.2, -0.15) is 0 Å². The fourth-order valence-corrected chi connectivity index (χ4v) is 4.12. The van der Waals surface area contributed by atoms with Crippen LogP contribution in [0.5, 0.6) is 0 Å². The van der Waals surface area contributed by atoms with Crippen LogP contribution in [0.15, 0.2) is 0 Å². The number of nitrogens with zero attached hydrogens (tertiary/aromatic N) is 1. The molecular weight excluding hydrogens is 264 g/mol. The number of rotatable bonds is 6. The Kier molecular flexibility index (Phi) is 5.54. The molecule has 0 aromatic rings. The minimum Gasteiger partial charge on any atom is -0.381 e. The van der Waals surface area contributed by atoms with Gasteiger partial charge in [0.2, 0.25) is 0 Å².